The van der Waals surface area contributed by atoms with E-state index in [9.17, 15) is 15.3 Å². The Balaban J connectivity index is 1.44. The van der Waals surface area contributed by atoms with Crippen molar-refractivity contribution in [3.8, 4) is 34.6 Å². The Bertz CT molecular complexity index is 1130. The van der Waals surface area contributed by atoms with E-state index in [-0.39, 0.29) is 23.4 Å². The van der Waals surface area contributed by atoms with Gasteiger partial charge in [-0.3, -0.25) is 4.90 Å². The molecule has 0 saturated carbocycles. The van der Waals surface area contributed by atoms with Gasteiger partial charge in [-0.05, 0) is 48.2 Å². The standard InChI is InChI=1S/C28H39N5O3/c1-4-5-6-7-12-31-13-15-32(16-14-31)19-21-8-10-22(11-9-21)33-27(29-30-28(33)36)24-17-23(20(2)3)25(34)18-26(24)35/h8-11,17-18,20,34-35H,4-7,12-16,19H2,1-3H3,(H,30,36). The average molecular weight is 494 g/mol. The van der Waals surface area contributed by atoms with Crippen molar-refractivity contribution < 1.29 is 15.3 Å². The molecule has 0 aliphatic carbocycles. The number of unbranched alkanes of at least 4 members (excludes halogenated alkanes) is 3. The molecule has 2 heterocycles. The number of aromatic nitrogens is 3. The van der Waals surface area contributed by atoms with Crippen molar-refractivity contribution in [2.45, 2.75) is 58.9 Å². The molecule has 0 bridgehead atoms. The van der Waals surface area contributed by atoms with Gasteiger partial charge < -0.3 is 20.2 Å². The van der Waals surface area contributed by atoms with Crippen LogP contribution in [0.4, 0.5) is 0 Å². The Labute approximate surface area is 213 Å². The fourth-order valence-electron chi connectivity index (χ4n) is 4.87. The molecular weight excluding hydrogens is 454 g/mol. The Hall–Kier alpha value is -3.10. The van der Waals surface area contributed by atoms with Gasteiger partial charge >= 0.3 is 6.01 Å². The molecule has 1 saturated heterocycles. The second-order valence-electron chi connectivity index (χ2n) is 10.1. The van der Waals surface area contributed by atoms with Crippen LogP contribution in [0.5, 0.6) is 17.5 Å². The lowest BCUT2D eigenvalue weighted by atomic mass is 9.98. The summed E-state index contributed by atoms with van der Waals surface area (Å²) in [7, 11) is 0. The third-order valence-electron chi connectivity index (χ3n) is 7.05. The molecule has 8 heteroatoms. The number of nitrogens with zero attached hydrogens (tertiary/aromatic N) is 5. The van der Waals surface area contributed by atoms with Crippen LogP contribution < -0.4 is 0 Å². The van der Waals surface area contributed by atoms with Gasteiger partial charge in [0.1, 0.15) is 11.5 Å². The van der Waals surface area contributed by atoms with E-state index in [1.807, 2.05) is 26.0 Å². The molecule has 1 fully saturated rings. The van der Waals surface area contributed by atoms with Crippen LogP contribution in [0.2, 0.25) is 0 Å². The first-order valence-corrected chi connectivity index (χ1v) is 13.1. The topological polar surface area (TPSA) is 97.9 Å². The highest BCUT2D eigenvalue weighted by atomic mass is 16.3. The number of aromatic hydroxyl groups is 3. The smallest absolute Gasteiger partial charge is 0.319 e. The molecule has 3 N–H and O–H groups in total. The molecule has 8 nitrogen and oxygen atoms in total. The summed E-state index contributed by atoms with van der Waals surface area (Å²) in [6.07, 6.45) is 5.24. The predicted molar refractivity (Wildman–Crippen MR) is 142 cm³/mol. The molecule has 194 valence electrons. The zero-order valence-electron chi connectivity index (χ0n) is 21.7. The minimum Gasteiger partial charge on any atom is -0.508 e. The second kappa shape index (κ2) is 11.8. The maximum absolute atomic E-state index is 10.5. The van der Waals surface area contributed by atoms with Crippen LogP contribution in [-0.2, 0) is 6.54 Å². The van der Waals surface area contributed by atoms with Crippen molar-refractivity contribution in [3.05, 3.63) is 47.5 Å². The normalized spacial score (nSPS) is 15.1. The molecule has 0 atom stereocenters. The highest BCUT2D eigenvalue weighted by Gasteiger charge is 2.21. The van der Waals surface area contributed by atoms with Crippen LogP contribution in [0.15, 0.2) is 36.4 Å². The number of hydrogen-bond donors (Lipinski definition) is 3. The van der Waals surface area contributed by atoms with Crippen molar-refractivity contribution in [3.63, 3.8) is 0 Å². The van der Waals surface area contributed by atoms with E-state index in [0.717, 1.165) is 32.7 Å². The number of phenols is 2. The summed E-state index contributed by atoms with van der Waals surface area (Å²) in [6, 6.07) is 10.8. The Morgan fingerprint density at radius 1 is 0.833 bits per heavy atom. The first-order chi connectivity index (χ1) is 17.4. The number of hydrogen-bond acceptors (Lipinski definition) is 7. The number of rotatable bonds is 10. The summed E-state index contributed by atoms with van der Waals surface area (Å²) in [5.74, 6) is 0.279. The molecule has 4 rings (SSSR count). The fourth-order valence-corrected chi connectivity index (χ4v) is 4.87. The van der Waals surface area contributed by atoms with Gasteiger partial charge in [-0.15, -0.1) is 5.10 Å². The van der Waals surface area contributed by atoms with Crippen LogP contribution in [-0.4, -0.2) is 72.6 Å². The van der Waals surface area contributed by atoms with Gasteiger partial charge in [-0.1, -0.05) is 57.3 Å². The Morgan fingerprint density at radius 2 is 1.53 bits per heavy atom. The van der Waals surface area contributed by atoms with Gasteiger partial charge in [0.2, 0.25) is 0 Å². The third-order valence-corrected chi connectivity index (χ3v) is 7.05. The zero-order chi connectivity index (χ0) is 25.7. The Morgan fingerprint density at radius 3 is 2.19 bits per heavy atom. The lowest BCUT2D eigenvalue weighted by Gasteiger charge is -2.34. The molecule has 0 spiro atoms. The molecule has 1 aromatic heterocycles. The largest absolute Gasteiger partial charge is 0.508 e. The van der Waals surface area contributed by atoms with Crippen LogP contribution in [0, 0.1) is 0 Å². The Kier molecular flexibility index (Phi) is 8.48. The number of benzene rings is 2. The van der Waals surface area contributed by atoms with Crippen molar-refractivity contribution in [2.24, 2.45) is 0 Å². The van der Waals surface area contributed by atoms with Crippen LogP contribution >= 0.6 is 0 Å². The molecule has 1 aliphatic heterocycles. The highest BCUT2D eigenvalue weighted by Crippen LogP contribution is 2.38. The average Bonchev–Trinajstić information content (AvgIpc) is 3.24. The quantitative estimate of drug-likeness (QED) is 0.347. The minimum absolute atomic E-state index is 0.0308. The summed E-state index contributed by atoms with van der Waals surface area (Å²) in [6.45, 7) is 12.7. The van der Waals surface area contributed by atoms with E-state index in [1.165, 1.54) is 48.4 Å². The lowest BCUT2D eigenvalue weighted by Crippen LogP contribution is -2.46. The summed E-state index contributed by atoms with van der Waals surface area (Å²) in [4.78, 5) is 5.07. The van der Waals surface area contributed by atoms with Crippen molar-refractivity contribution in [1.29, 1.82) is 0 Å². The highest BCUT2D eigenvalue weighted by molar-refractivity contribution is 5.69. The molecule has 1 aliphatic rings. The van der Waals surface area contributed by atoms with Gasteiger partial charge in [0.05, 0.1) is 11.3 Å². The van der Waals surface area contributed by atoms with Gasteiger partial charge in [0, 0.05) is 38.8 Å². The van der Waals surface area contributed by atoms with Gasteiger partial charge in [0.25, 0.3) is 0 Å². The van der Waals surface area contributed by atoms with E-state index < -0.39 is 0 Å². The number of piperazine rings is 1. The van der Waals surface area contributed by atoms with Crippen molar-refractivity contribution in [1.82, 2.24) is 24.6 Å². The maximum Gasteiger partial charge on any atom is 0.319 e. The van der Waals surface area contributed by atoms with E-state index in [1.54, 1.807) is 6.07 Å². The van der Waals surface area contributed by atoms with E-state index in [0.29, 0.717) is 22.6 Å². The van der Waals surface area contributed by atoms with Crippen molar-refractivity contribution >= 4 is 0 Å². The summed E-state index contributed by atoms with van der Waals surface area (Å²) < 4.78 is 1.51. The zero-order valence-corrected chi connectivity index (χ0v) is 21.7. The van der Waals surface area contributed by atoms with Gasteiger partial charge in [0.15, 0.2) is 5.82 Å². The number of phenolic OH excluding ortho intramolecular Hbond substituents is 2. The monoisotopic (exact) mass is 493 g/mol. The molecule has 2 aromatic carbocycles. The van der Waals surface area contributed by atoms with E-state index in [2.05, 4.69) is 39.1 Å². The first kappa shape index (κ1) is 26.0. The molecule has 0 amide bonds. The second-order valence-corrected chi connectivity index (χ2v) is 10.1. The predicted octanol–water partition coefficient (Wildman–Crippen LogP) is 4.87. The summed E-state index contributed by atoms with van der Waals surface area (Å²) in [5.41, 5.74) is 3.00. The third kappa shape index (κ3) is 5.99. The van der Waals surface area contributed by atoms with Crippen LogP contribution in [0.25, 0.3) is 17.1 Å². The molecule has 0 unspecified atom stereocenters. The van der Waals surface area contributed by atoms with E-state index in [4.69, 9.17) is 0 Å². The summed E-state index contributed by atoms with van der Waals surface area (Å²) >= 11 is 0. The lowest BCUT2D eigenvalue weighted by molar-refractivity contribution is 0.125. The van der Waals surface area contributed by atoms with E-state index >= 15 is 0 Å². The van der Waals surface area contributed by atoms with Gasteiger partial charge in [-0.2, -0.15) is 0 Å². The van der Waals surface area contributed by atoms with Crippen molar-refractivity contribution in [2.75, 3.05) is 32.7 Å². The molecular formula is C28H39N5O3. The SMILES string of the molecule is CCCCCCN1CCN(Cc2ccc(-n3c(O)nnc3-c3cc(C(C)C)c(O)cc3O)cc2)CC1. The first-order valence-electron chi connectivity index (χ1n) is 13.1. The molecule has 0 radical (unpaired) electrons. The molecule has 36 heavy (non-hydrogen) atoms. The maximum atomic E-state index is 10.5. The van der Waals surface area contributed by atoms with Gasteiger partial charge in [-0.25, -0.2) is 4.57 Å². The van der Waals surface area contributed by atoms with Crippen LogP contribution in [0.3, 0.4) is 0 Å². The van der Waals surface area contributed by atoms with Crippen LogP contribution in [0.1, 0.15) is 63.5 Å². The minimum atomic E-state index is -0.258. The molecule has 3 aromatic rings. The fraction of sp³-hybridized carbons (Fsp3) is 0.500. The summed E-state index contributed by atoms with van der Waals surface area (Å²) in [5, 5.41) is 39.1.